The Kier molecular flexibility index (Phi) is 6.14. The molecule has 0 N–H and O–H groups in total. The maximum atomic E-state index is 12.6. The van der Waals surface area contributed by atoms with E-state index in [9.17, 15) is 9.59 Å². The summed E-state index contributed by atoms with van der Waals surface area (Å²) in [4.78, 5) is 28.8. The van der Waals surface area contributed by atoms with Crippen LogP contribution in [0.1, 0.15) is 42.3 Å². The van der Waals surface area contributed by atoms with E-state index < -0.39 is 5.60 Å². The molecule has 4 aromatic rings. The summed E-state index contributed by atoms with van der Waals surface area (Å²) < 4.78 is 8.96. The largest absolute Gasteiger partial charge is 0.456 e. The molecular formula is C27H25N3O3. The first-order valence-corrected chi connectivity index (χ1v) is 10.7. The highest BCUT2D eigenvalue weighted by Crippen LogP contribution is 2.16. The molecule has 0 saturated carbocycles. The van der Waals surface area contributed by atoms with Crippen molar-refractivity contribution in [2.24, 2.45) is 0 Å². The van der Waals surface area contributed by atoms with Crippen molar-refractivity contribution in [3.63, 3.8) is 0 Å². The number of benzene rings is 2. The van der Waals surface area contributed by atoms with Gasteiger partial charge in [0.2, 0.25) is 0 Å². The van der Waals surface area contributed by atoms with Crippen LogP contribution in [0.5, 0.6) is 0 Å². The maximum Gasteiger partial charge on any atom is 0.338 e. The molecule has 0 aliphatic carbocycles. The SMILES string of the molecule is CC(C)(C)OC(=O)c1ccc(Cn2cc3cc(C#CCn4ccnc4)ccc3cc2=O)cc1. The number of aromatic nitrogens is 3. The highest BCUT2D eigenvalue weighted by molar-refractivity contribution is 5.89. The molecule has 4 rings (SSSR count). The Morgan fingerprint density at radius 3 is 2.55 bits per heavy atom. The van der Waals surface area contributed by atoms with E-state index in [0.29, 0.717) is 18.7 Å². The molecule has 0 atom stereocenters. The number of pyridine rings is 1. The monoisotopic (exact) mass is 439 g/mol. The van der Waals surface area contributed by atoms with Gasteiger partial charge in [0.15, 0.2) is 0 Å². The topological polar surface area (TPSA) is 66.1 Å². The molecule has 6 nitrogen and oxygen atoms in total. The van der Waals surface area contributed by atoms with Gasteiger partial charge >= 0.3 is 5.97 Å². The van der Waals surface area contributed by atoms with Gasteiger partial charge in [-0.3, -0.25) is 4.79 Å². The molecule has 0 aliphatic rings. The average Bonchev–Trinajstić information content (AvgIpc) is 3.27. The summed E-state index contributed by atoms with van der Waals surface area (Å²) in [5.41, 5.74) is 1.65. The summed E-state index contributed by atoms with van der Waals surface area (Å²) in [6, 6.07) is 14.6. The van der Waals surface area contributed by atoms with Crippen molar-refractivity contribution in [2.75, 3.05) is 0 Å². The number of esters is 1. The molecule has 0 unspecified atom stereocenters. The number of imidazole rings is 1. The second kappa shape index (κ2) is 9.17. The molecule has 2 aromatic carbocycles. The van der Waals surface area contributed by atoms with Crippen molar-refractivity contribution in [1.82, 2.24) is 14.1 Å². The Balaban J connectivity index is 1.52. The van der Waals surface area contributed by atoms with Gasteiger partial charge in [0.1, 0.15) is 5.60 Å². The summed E-state index contributed by atoms with van der Waals surface area (Å²) >= 11 is 0. The van der Waals surface area contributed by atoms with Crippen LogP contribution in [0.2, 0.25) is 0 Å². The van der Waals surface area contributed by atoms with Gasteiger partial charge in [0.25, 0.3) is 5.56 Å². The van der Waals surface area contributed by atoms with E-state index in [4.69, 9.17) is 4.74 Å². The summed E-state index contributed by atoms with van der Waals surface area (Å²) in [5.74, 6) is 5.93. The van der Waals surface area contributed by atoms with Crippen molar-refractivity contribution in [3.8, 4) is 11.8 Å². The number of fused-ring (bicyclic) bond motifs is 1. The first kappa shape index (κ1) is 22.1. The van der Waals surface area contributed by atoms with Gasteiger partial charge in [-0.05, 0) is 61.4 Å². The smallest absolute Gasteiger partial charge is 0.338 e. The van der Waals surface area contributed by atoms with Crippen LogP contribution < -0.4 is 5.56 Å². The van der Waals surface area contributed by atoms with E-state index >= 15 is 0 Å². The minimum Gasteiger partial charge on any atom is -0.456 e. The normalized spacial score (nSPS) is 11.1. The van der Waals surface area contributed by atoms with Crippen LogP contribution in [0.3, 0.4) is 0 Å². The molecule has 0 aliphatic heterocycles. The zero-order valence-corrected chi connectivity index (χ0v) is 18.9. The number of rotatable bonds is 4. The van der Waals surface area contributed by atoms with E-state index in [2.05, 4.69) is 16.8 Å². The molecule has 0 bridgehead atoms. The maximum absolute atomic E-state index is 12.6. The number of ether oxygens (including phenoxy) is 1. The lowest BCUT2D eigenvalue weighted by Crippen LogP contribution is -2.24. The molecule has 0 spiro atoms. The van der Waals surface area contributed by atoms with Crippen LogP contribution in [0, 0.1) is 11.8 Å². The number of carbonyl (C=O) groups is 1. The Bertz CT molecular complexity index is 1400. The summed E-state index contributed by atoms with van der Waals surface area (Å²) in [6.07, 6.45) is 7.17. The summed E-state index contributed by atoms with van der Waals surface area (Å²) in [5, 5.41) is 1.81. The Morgan fingerprint density at radius 2 is 1.85 bits per heavy atom. The molecule has 6 heteroatoms. The fraction of sp³-hybridized carbons (Fsp3) is 0.222. The summed E-state index contributed by atoms with van der Waals surface area (Å²) in [7, 11) is 0. The average molecular weight is 440 g/mol. The molecule has 0 saturated heterocycles. The van der Waals surface area contributed by atoms with Crippen molar-refractivity contribution in [1.29, 1.82) is 0 Å². The van der Waals surface area contributed by atoms with Crippen molar-refractivity contribution in [3.05, 3.63) is 100 Å². The number of nitrogens with zero attached hydrogens (tertiary/aromatic N) is 3. The molecule has 0 radical (unpaired) electrons. The highest BCUT2D eigenvalue weighted by atomic mass is 16.6. The van der Waals surface area contributed by atoms with Gasteiger partial charge in [0.05, 0.1) is 25.0 Å². The van der Waals surface area contributed by atoms with Crippen molar-refractivity contribution in [2.45, 2.75) is 39.5 Å². The first-order valence-electron chi connectivity index (χ1n) is 10.7. The predicted octanol–water partition coefficient (Wildman–Crippen LogP) is 4.25. The second-order valence-electron chi connectivity index (χ2n) is 8.82. The lowest BCUT2D eigenvalue weighted by molar-refractivity contribution is 0.00695. The molecular weight excluding hydrogens is 414 g/mol. The van der Waals surface area contributed by atoms with Crippen LogP contribution in [-0.4, -0.2) is 25.7 Å². The molecule has 2 heterocycles. The van der Waals surface area contributed by atoms with E-state index in [1.54, 1.807) is 35.3 Å². The fourth-order valence-corrected chi connectivity index (χ4v) is 3.36. The lowest BCUT2D eigenvalue weighted by atomic mass is 10.1. The fourth-order valence-electron chi connectivity index (χ4n) is 3.36. The quantitative estimate of drug-likeness (QED) is 0.352. The molecule has 166 valence electrons. The first-order chi connectivity index (χ1) is 15.8. The van der Waals surface area contributed by atoms with E-state index in [-0.39, 0.29) is 11.5 Å². The van der Waals surface area contributed by atoms with Crippen molar-refractivity contribution < 1.29 is 9.53 Å². The lowest BCUT2D eigenvalue weighted by Gasteiger charge is -2.19. The predicted molar refractivity (Wildman–Crippen MR) is 128 cm³/mol. The van der Waals surface area contributed by atoms with E-state index in [0.717, 1.165) is 21.9 Å². The third-order valence-corrected chi connectivity index (χ3v) is 4.94. The third-order valence-electron chi connectivity index (χ3n) is 4.94. The highest BCUT2D eigenvalue weighted by Gasteiger charge is 2.17. The Hall–Kier alpha value is -4.11. The van der Waals surface area contributed by atoms with E-state index in [1.807, 2.05) is 68.1 Å². The van der Waals surface area contributed by atoms with Crippen molar-refractivity contribution >= 4 is 16.7 Å². The zero-order chi connectivity index (χ0) is 23.4. The van der Waals surface area contributed by atoms with Crippen LogP contribution in [0.4, 0.5) is 0 Å². The van der Waals surface area contributed by atoms with Crippen LogP contribution >= 0.6 is 0 Å². The van der Waals surface area contributed by atoms with Crippen LogP contribution in [0.15, 0.2) is 78.2 Å². The molecule has 2 aromatic heterocycles. The van der Waals surface area contributed by atoms with Gasteiger partial charge in [0, 0.05) is 30.2 Å². The Labute approximate surface area is 192 Å². The van der Waals surface area contributed by atoms with Crippen LogP contribution in [-0.2, 0) is 17.8 Å². The zero-order valence-electron chi connectivity index (χ0n) is 18.9. The number of hydrogen-bond donors (Lipinski definition) is 0. The third kappa shape index (κ3) is 5.78. The summed E-state index contributed by atoms with van der Waals surface area (Å²) in [6.45, 7) is 6.48. The second-order valence-corrected chi connectivity index (χ2v) is 8.82. The molecule has 0 fully saturated rings. The minimum absolute atomic E-state index is 0.0855. The standard InChI is InChI=1S/C27H25N3O3/c1-27(2,3)33-26(32)22-9-7-21(8-10-22)17-30-18-24-15-20(6-11-23(24)16-25(30)31)5-4-13-29-14-12-28-19-29/h6-12,14-16,18-19H,13,17H2,1-3H3. The van der Waals surface area contributed by atoms with Gasteiger partial charge < -0.3 is 13.9 Å². The molecule has 33 heavy (non-hydrogen) atoms. The molecule has 0 amide bonds. The van der Waals surface area contributed by atoms with Gasteiger partial charge in [-0.1, -0.05) is 30.0 Å². The van der Waals surface area contributed by atoms with E-state index in [1.165, 1.54) is 0 Å². The van der Waals surface area contributed by atoms with Gasteiger partial charge in [-0.25, -0.2) is 9.78 Å². The number of hydrogen-bond acceptors (Lipinski definition) is 4. The van der Waals surface area contributed by atoms with Crippen LogP contribution in [0.25, 0.3) is 10.8 Å². The number of carbonyl (C=O) groups excluding carboxylic acids is 1. The van der Waals surface area contributed by atoms with Gasteiger partial charge in [-0.2, -0.15) is 0 Å². The van der Waals surface area contributed by atoms with Gasteiger partial charge in [-0.15, -0.1) is 0 Å². The minimum atomic E-state index is -0.545. The Morgan fingerprint density at radius 1 is 1.06 bits per heavy atom.